The van der Waals surface area contributed by atoms with Gasteiger partial charge in [0.05, 0.1) is 18.8 Å². The summed E-state index contributed by atoms with van der Waals surface area (Å²) in [5.74, 6) is -0.605. The van der Waals surface area contributed by atoms with Crippen molar-refractivity contribution in [2.24, 2.45) is 0 Å². The SMILES string of the molecule is CCCC/C=C\CCCCCC(O)C(=O)NC(CO)C(O)C(O)CCCCCCCCCC. The van der Waals surface area contributed by atoms with Crippen molar-refractivity contribution >= 4 is 5.91 Å². The molecular weight excluding hydrogens is 418 g/mol. The largest absolute Gasteiger partial charge is 0.394 e. The third-order valence-electron chi connectivity index (χ3n) is 6.23. The number of nitrogens with one attached hydrogen (secondary N) is 1. The Kier molecular flexibility index (Phi) is 22.2. The summed E-state index contributed by atoms with van der Waals surface area (Å²) in [6.45, 7) is 3.89. The van der Waals surface area contributed by atoms with Gasteiger partial charge in [-0.25, -0.2) is 0 Å². The molecule has 0 aliphatic rings. The predicted octanol–water partition coefficient (Wildman–Crippen LogP) is 4.77. The summed E-state index contributed by atoms with van der Waals surface area (Å²) in [6.07, 6.45) is 18.2. The Morgan fingerprint density at radius 1 is 0.727 bits per heavy atom. The second-order valence-electron chi connectivity index (χ2n) is 9.39. The number of carbonyl (C=O) groups excluding carboxylic acids is 1. The van der Waals surface area contributed by atoms with Gasteiger partial charge in [0.1, 0.15) is 12.2 Å². The van der Waals surface area contributed by atoms with Crippen LogP contribution < -0.4 is 5.32 Å². The molecule has 0 rings (SSSR count). The molecule has 33 heavy (non-hydrogen) atoms. The maximum absolute atomic E-state index is 12.2. The molecule has 0 heterocycles. The summed E-state index contributed by atoms with van der Waals surface area (Å²) in [7, 11) is 0. The number of amides is 1. The van der Waals surface area contributed by atoms with Crippen molar-refractivity contribution < 1.29 is 25.2 Å². The highest BCUT2D eigenvalue weighted by Crippen LogP contribution is 2.14. The molecule has 0 aliphatic carbocycles. The summed E-state index contributed by atoms with van der Waals surface area (Å²) < 4.78 is 0. The first-order valence-corrected chi connectivity index (χ1v) is 13.6. The molecule has 6 nitrogen and oxygen atoms in total. The van der Waals surface area contributed by atoms with Gasteiger partial charge in [0.2, 0.25) is 5.91 Å². The van der Waals surface area contributed by atoms with Gasteiger partial charge in [-0.15, -0.1) is 0 Å². The van der Waals surface area contributed by atoms with Crippen molar-refractivity contribution in [3.05, 3.63) is 12.2 Å². The zero-order valence-corrected chi connectivity index (χ0v) is 21.4. The molecule has 4 atom stereocenters. The molecule has 0 aliphatic heterocycles. The number of carbonyl (C=O) groups is 1. The molecule has 196 valence electrons. The first-order valence-electron chi connectivity index (χ1n) is 13.6. The molecule has 1 amide bonds. The summed E-state index contributed by atoms with van der Waals surface area (Å²) in [5, 5.41) is 42.8. The van der Waals surface area contributed by atoms with E-state index < -0.39 is 36.9 Å². The normalized spacial score (nSPS) is 15.5. The summed E-state index contributed by atoms with van der Waals surface area (Å²) in [5.41, 5.74) is 0. The van der Waals surface area contributed by atoms with Gasteiger partial charge in [0, 0.05) is 0 Å². The van der Waals surface area contributed by atoms with E-state index in [1.54, 1.807) is 0 Å². The van der Waals surface area contributed by atoms with E-state index in [0.717, 1.165) is 51.4 Å². The van der Waals surface area contributed by atoms with Gasteiger partial charge in [-0.2, -0.15) is 0 Å². The van der Waals surface area contributed by atoms with Gasteiger partial charge < -0.3 is 25.7 Å². The Hall–Kier alpha value is -0.950. The van der Waals surface area contributed by atoms with E-state index in [-0.39, 0.29) is 0 Å². The number of hydrogen-bond donors (Lipinski definition) is 5. The Bertz CT molecular complexity index is 471. The van der Waals surface area contributed by atoms with Gasteiger partial charge in [-0.1, -0.05) is 103 Å². The molecule has 4 unspecified atom stereocenters. The molecule has 0 saturated carbocycles. The minimum atomic E-state index is -1.25. The van der Waals surface area contributed by atoms with Crippen LogP contribution in [-0.4, -0.2) is 57.3 Å². The number of aliphatic hydroxyl groups is 4. The Balaban J connectivity index is 4.03. The molecule has 0 saturated heterocycles. The summed E-state index contributed by atoms with van der Waals surface area (Å²) in [4.78, 5) is 12.2. The zero-order valence-electron chi connectivity index (χ0n) is 21.4. The quantitative estimate of drug-likeness (QED) is 0.109. The Labute approximate surface area is 202 Å². The smallest absolute Gasteiger partial charge is 0.249 e. The number of hydrogen-bond acceptors (Lipinski definition) is 5. The van der Waals surface area contributed by atoms with E-state index in [0.29, 0.717) is 12.8 Å². The maximum Gasteiger partial charge on any atom is 0.249 e. The van der Waals surface area contributed by atoms with Crippen molar-refractivity contribution in [3.63, 3.8) is 0 Å². The third kappa shape index (κ3) is 18.1. The average molecular weight is 472 g/mol. The van der Waals surface area contributed by atoms with E-state index in [2.05, 4.69) is 31.3 Å². The van der Waals surface area contributed by atoms with Crippen molar-refractivity contribution in [3.8, 4) is 0 Å². The van der Waals surface area contributed by atoms with Gasteiger partial charge in [0.15, 0.2) is 0 Å². The zero-order chi connectivity index (χ0) is 24.7. The molecular formula is C27H53NO5. The summed E-state index contributed by atoms with van der Waals surface area (Å²) in [6, 6.07) is -0.982. The second-order valence-corrected chi connectivity index (χ2v) is 9.39. The van der Waals surface area contributed by atoms with E-state index >= 15 is 0 Å². The molecule has 0 fully saturated rings. The lowest BCUT2D eigenvalue weighted by Crippen LogP contribution is -2.53. The summed E-state index contributed by atoms with van der Waals surface area (Å²) >= 11 is 0. The average Bonchev–Trinajstić information content (AvgIpc) is 2.82. The highest BCUT2D eigenvalue weighted by Gasteiger charge is 2.28. The molecule has 0 aromatic heterocycles. The molecule has 0 spiro atoms. The maximum atomic E-state index is 12.2. The van der Waals surface area contributed by atoms with Crippen molar-refractivity contribution in [1.82, 2.24) is 5.32 Å². The van der Waals surface area contributed by atoms with Gasteiger partial charge in [0.25, 0.3) is 0 Å². The number of unbranched alkanes of at least 4 members (excludes halogenated alkanes) is 12. The van der Waals surface area contributed by atoms with Crippen molar-refractivity contribution in [2.75, 3.05) is 6.61 Å². The van der Waals surface area contributed by atoms with Crippen LogP contribution in [0.3, 0.4) is 0 Å². The van der Waals surface area contributed by atoms with Crippen LogP contribution in [0.4, 0.5) is 0 Å². The lowest BCUT2D eigenvalue weighted by Gasteiger charge is -2.27. The molecule has 0 bridgehead atoms. The minimum absolute atomic E-state index is 0.348. The Morgan fingerprint density at radius 2 is 1.24 bits per heavy atom. The van der Waals surface area contributed by atoms with Crippen LogP contribution in [0, 0.1) is 0 Å². The van der Waals surface area contributed by atoms with E-state index in [4.69, 9.17) is 0 Å². The van der Waals surface area contributed by atoms with Crippen LogP contribution in [0.1, 0.15) is 123 Å². The van der Waals surface area contributed by atoms with E-state index in [9.17, 15) is 25.2 Å². The number of aliphatic hydroxyl groups excluding tert-OH is 4. The number of rotatable bonds is 23. The first kappa shape index (κ1) is 32.0. The van der Waals surface area contributed by atoms with Crippen molar-refractivity contribution in [1.29, 1.82) is 0 Å². The first-order chi connectivity index (χ1) is 16.0. The Morgan fingerprint density at radius 3 is 1.85 bits per heavy atom. The monoisotopic (exact) mass is 471 g/mol. The van der Waals surface area contributed by atoms with Gasteiger partial charge >= 0.3 is 0 Å². The highest BCUT2D eigenvalue weighted by molar-refractivity contribution is 5.80. The highest BCUT2D eigenvalue weighted by atomic mass is 16.3. The van der Waals surface area contributed by atoms with Crippen LogP contribution in [-0.2, 0) is 4.79 Å². The fourth-order valence-electron chi connectivity index (χ4n) is 3.91. The van der Waals surface area contributed by atoms with Gasteiger partial charge in [-0.05, 0) is 32.1 Å². The lowest BCUT2D eigenvalue weighted by molar-refractivity contribution is -0.132. The number of allylic oxidation sites excluding steroid dienone is 2. The molecule has 0 radical (unpaired) electrons. The van der Waals surface area contributed by atoms with Crippen LogP contribution in [0.15, 0.2) is 12.2 Å². The fraction of sp³-hybridized carbons (Fsp3) is 0.889. The molecule has 0 aromatic rings. The minimum Gasteiger partial charge on any atom is -0.394 e. The van der Waals surface area contributed by atoms with Crippen LogP contribution in [0.5, 0.6) is 0 Å². The standard InChI is InChI=1S/C27H53NO5/c1-3-5-7-9-11-13-15-17-19-21-25(31)27(33)28-23(22-29)26(32)24(30)20-18-16-14-12-10-8-6-4-2/h9,11,23-26,29-32H,3-8,10,12-22H2,1-2H3,(H,28,33)/b11-9-. The third-order valence-corrected chi connectivity index (χ3v) is 6.23. The van der Waals surface area contributed by atoms with Crippen molar-refractivity contribution in [2.45, 2.75) is 147 Å². The van der Waals surface area contributed by atoms with Crippen LogP contribution in [0.2, 0.25) is 0 Å². The van der Waals surface area contributed by atoms with Gasteiger partial charge in [-0.3, -0.25) is 4.79 Å². The predicted molar refractivity (Wildman–Crippen MR) is 136 cm³/mol. The second kappa shape index (κ2) is 22.8. The molecule has 5 N–H and O–H groups in total. The molecule has 6 heteroatoms. The molecule has 0 aromatic carbocycles. The van der Waals surface area contributed by atoms with E-state index in [1.807, 2.05) is 0 Å². The topological polar surface area (TPSA) is 110 Å². The van der Waals surface area contributed by atoms with Crippen LogP contribution >= 0.6 is 0 Å². The lowest BCUT2D eigenvalue weighted by atomic mass is 9.99. The fourth-order valence-corrected chi connectivity index (χ4v) is 3.91. The van der Waals surface area contributed by atoms with Crippen LogP contribution in [0.25, 0.3) is 0 Å². The van der Waals surface area contributed by atoms with E-state index in [1.165, 1.54) is 44.9 Å².